The number of amides is 1. The van der Waals surface area contributed by atoms with Gasteiger partial charge in [0.25, 0.3) is 5.91 Å². The van der Waals surface area contributed by atoms with Crippen LogP contribution in [0, 0.1) is 11.3 Å². The lowest BCUT2D eigenvalue weighted by molar-refractivity contribution is -0.118. The normalized spacial score (nSPS) is 10.2. The molecule has 0 bridgehead atoms. The van der Waals surface area contributed by atoms with Gasteiger partial charge in [0.2, 0.25) is 0 Å². The van der Waals surface area contributed by atoms with Gasteiger partial charge >= 0.3 is 0 Å². The van der Waals surface area contributed by atoms with E-state index in [1.807, 2.05) is 12.1 Å². The Morgan fingerprint density at radius 2 is 2.00 bits per heavy atom. The highest BCUT2D eigenvalue weighted by molar-refractivity contribution is 6.35. The zero-order valence-electron chi connectivity index (χ0n) is 12.5. The molecule has 2 aromatic carbocycles. The molecule has 0 radical (unpaired) electrons. The molecular weight excluding hydrogens is 326 g/mol. The number of hydrogen-bond acceptors (Lipinski definition) is 4. The van der Waals surface area contributed by atoms with Gasteiger partial charge in [0.05, 0.1) is 16.7 Å². The minimum Gasteiger partial charge on any atom is -0.481 e. The Bertz CT molecular complexity index is 933. The molecule has 0 atom stereocenters. The number of aromatic nitrogens is 1. The maximum atomic E-state index is 12.0. The summed E-state index contributed by atoms with van der Waals surface area (Å²) in [5, 5.41) is 12.8. The number of ether oxygens (including phenoxy) is 1. The number of benzene rings is 2. The number of nitrogens with zero attached hydrogens (tertiary/aromatic N) is 2. The van der Waals surface area contributed by atoms with Crippen LogP contribution in [0.25, 0.3) is 10.9 Å². The Kier molecular flexibility index (Phi) is 4.59. The fraction of sp³-hybridized carbons (Fsp3) is 0.0556. The van der Waals surface area contributed by atoms with Gasteiger partial charge in [-0.05, 0) is 48.5 Å². The van der Waals surface area contributed by atoms with Crippen LogP contribution in [-0.4, -0.2) is 17.5 Å². The zero-order chi connectivity index (χ0) is 16.9. The minimum atomic E-state index is -0.307. The van der Waals surface area contributed by atoms with E-state index in [-0.39, 0.29) is 12.5 Å². The van der Waals surface area contributed by atoms with E-state index in [1.165, 1.54) is 0 Å². The van der Waals surface area contributed by atoms with E-state index in [4.69, 9.17) is 21.6 Å². The number of rotatable bonds is 4. The minimum absolute atomic E-state index is 0.159. The highest BCUT2D eigenvalue weighted by Crippen LogP contribution is 2.29. The van der Waals surface area contributed by atoms with Crippen LogP contribution in [0.4, 0.5) is 5.69 Å². The molecule has 3 aromatic rings. The van der Waals surface area contributed by atoms with Gasteiger partial charge in [0.1, 0.15) is 11.3 Å². The van der Waals surface area contributed by atoms with Gasteiger partial charge in [-0.2, -0.15) is 5.26 Å². The van der Waals surface area contributed by atoms with Crippen LogP contribution in [0.3, 0.4) is 0 Å². The Morgan fingerprint density at radius 3 is 2.75 bits per heavy atom. The van der Waals surface area contributed by atoms with Crippen molar-refractivity contribution >= 4 is 34.1 Å². The SMILES string of the molecule is N#Cc1ccc(NC(=O)COc2ccc(Cl)c3cccnc23)cc1. The summed E-state index contributed by atoms with van der Waals surface area (Å²) >= 11 is 6.13. The molecule has 1 amide bonds. The molecule has 0 aliphatic rings. The molecule has 1 heterocycles. The standard InChI is InChI=1S/C18H12ClN3O2/c19-15-7-8-16(18-14(15)2-1-9-21-18)24-11-17(23)22-13-5-3-12(10-20)4-6-13/h1-9H,11H2,(H,22,23). The second-order valence-electron chi connectivity index (χ2n) is 4.97. The van der Waals surface area contributed by atoms with Crippen molar-refractivity contribution in [1.29, 1.82) is 5.26 Å². The van der Waals surface area contributed by atoms with Crippen LogP contribution in [0.1, 0.15) is 5.56 Å². The molecule has 5 nitrogen and oxygen atoms in total. The maximum absolute atomic E-state index is 12.0. The Labute approximate surface area is 143 Å². The third kappa shape index (κ3) is 3.45. The number of nitriles is 1. The van der Waals surface area contributed by atoms with E-state index in [0.717, 1.165) is 5.39 Å². The number of nitrogens with one attached hydrogen (secondary N) is 1. The van der Waals surface area contributed by atoms with Gasteiger partial charge in [-0.3, -0.25) is 9.78 Å². The number of anilines is 1. The van der Waals surface area contributed by atoms with Crippen LogP contribution in [0.15, 0.2) is 54.7 Å². The first-order valence-electron chi connectivity index (χ1n) is 7.13. The van der Waals surface area contributed by atoms with Gasteiger partial charge in [-0.25, -0.2) is 0 Å². The van der Waals surface area contributed by atoms with Crippen LogP contribution in [0.5, 0.6) is 5.75 Å². The van der Waals surface area contributed by atoms with Crippen molar-refractivity contribution in [1.82, 2.24) is 4.98 Å². The first-order chi connectivity index (χ1) is 11.7. The van der Waals surface area contributed by atoms with E-state index in [1.54, 1.807) is 48.7 Å². The smallest absolute Gasteiger partial charge is 0.262 e. The predicted octanol–water partition coefficient (Wildman–Crippen LogP) is 3.78. The van der Waals surface area contributed by atoms with E-state index >= 15 is 0 Å². The number of hydrogen-bond donors (Lipinski definition) is 1. The molecule has 3 rings (SSSR count). The molecule has 6 heteroatoms. The summed E-state index contributed by atoms with van der Waals surface area (Å²) in [6.07, 6.45) is 1.64. The van der Waals surface area contributed by atoms with Crippen LogP contribution >= 0.6 is 11.6 Å². The molecule has 0 saturated heterocycles. The Balaban J connectivity index is 1.68. The van der Waals surface area contributed by atoms with E-state index in [9.17, 15) is 4.79 Å². The second kappa shape index (κ2) is 6.99. The number of carbonyl (C=O) groups excluding carboxylic acids is 1. The maximum Gasteiger partial charge on any atom is 0.262 e. The molecule has 0 aliphatic heterocycles. The van der Waals surface area contributed by atoms with Crippen molar-refractivity contribution in [3.8, 4) is 11.8 Å². The largest absolute Gasteiger partial charge is 0.481 e. The summed E-state index contributed by atoms with van der Waals surface area (Å²) in [6.45, 7) is -0.159. The lowest BCUT2D eigenvalue weighted by Gasteiger charge is -2.10. The molecule has 1 N–H and O–H groups in total. The van der Waals surface area contributed by atoms with Gasteiger partial charge < -0.3 is 10.1 Å². The Morgan fingerprint density at radius 1 is 1.21 bits per heavy atom. The molecule has 118 valence electrons. The molecule has 0 fully saturated rings. The van der Waals surface area contributed by atoms with E-state index < -0.39 is 0 Å². The van der Waals surface area contributed by atoms with E-state index in [0.29, 0.717) is 27.5 Å². The van der Waals surface area contributed by atoms with Gasteiger partial charge in [-0.1, -0.05) is 11.6 Å². The average Bonchev–Trinajstić information content (AvgIpc) is 2.62. The molecule has 0 saturated carbocycles. The van der Waals surface area contributed by atoms with Crippen LogP contribution in [0.2, 0.25) is 5.02 Å². The first kappa shape index (κ1) is 15.8. The van der Waals surface area contributed by atoms with E-state index in [2.05, 4.69) is 10.3 Å². The summed E-state index contributed by atoms with van der Waals surface area (Å²) in [5.74, 6) is 0.184. The second-order valence-corrected chi connectivity index (χ2v) is 5.38. The molecule has 0 aliphatic carbocycles. The third-order valence-corrected chi connectivity index (χ3v) is 3.67. The van der Waals surface area contributed by atoms with Crippen LogP contribution in [-0.2, 0) is 4.79 Å². The monoisotopic (exact) mass is 337 g/mol. The number of carbonyl (C=O) groups is 1. The topological polar surface area (TPSA) is 75.0 Å². The van der Waals surface area contributed by atoms with Crippen molar-refractivity contribution < 1.29 is 9.53 Å². The third-order valence-electron chi connectivity index (χ3n) is 3.34. The summed E-state index contributed by atoms with van der Waals surface area (Å²) in [6, 6.07) is 15.6. The fourth-order valence-corrected chi connectivity index (χ4v) is 2.41. The number of pyridine rings is 1. The quantitative estimate of drug-likeness (QED) is 0.786. The zero-order valence-corrected chi connectivity index (χ0v) is 13.2. The summed E-state index contributed by atoms with van der Waals surface area (Å²) in [4.78, 5) is 16.2. The summed E-state index contributed by atoms with van der Waals surface area (Å²) < 4.78 is 5.57. The van der Waals surface area contributed by atoms with Crippen molar-refractivity contribution in [3.63, 3.8) is 0 Å². The van der Waals surface area contributed by atoms with Crippen molar-refractivity contribution in [2.45, 2.75) is 0 Å². The molecule has 0 spiro atoms. The molecule has 1 aromatic heterocycles. The molecule has 0 unspecified atom stereocenters. The van der Waals surface area contributed by atoms with Gasteiger partial charge in [0.15, 0.2) is 6.61 Å². The van der Waals surface area contributed by atoms with Gasteiger partial charge in [-0.15, -0.1) is 0 Å². The van der Waals surface area contributed by atoms with Crippen molar-refractivity contribution in [2.24, 2.45) is 0 Å². The highest BCUT2D eigenvalue weighted by atomic mass is 35.5. The number of fused-ring (bicyclic) bond motifs is 1. The summed E-state index contributed by atoms with van der Waals surface area (Å²) in [5.41, 5.74) is 1.74. The molecular formula is C18H12ClN3O2. The van der Waals surface area contributed by atoms with Crippen molar-refractivity contribution in [2.75, 3.05) is 11.9 Å². The fourth-order valence-electron chi connectivity index (χ4n) is 2.20. The highest BCUT2D eigenvalue weighted by Gasteiger charge is 2.09. The van der Waals surface area contributed by atoms with Gasteiger partial charge in [0, 0.05) is 17.3 Å². The first-order valence-corrected chi connectivity index (χ1v) is 7.51. The summed E-state index contributed by atoms with van der Waals surface area (Å²) in [7, 11) is 0. The lowest BCUT2D eigenvalue weighted by Crippen LogP contribution is -2.20. The van der Waals surface area contributed by atoms with Crippen molar-refractivity contribution in [3.05, 3.63) is 65.3 Å². The molecule has 24 heavy (non-hydrogen) atoms. The number of halogens is 1. The Hall–Kier alpha value is -3.10. The average molecular weight is 338 g/mol. The predicted molar refractivity (Wildman–Crippen MR) is 92.0 cm³/mol. The van der Waals surface area contributed by atoms with Crippen LogP contribution < -0.4 is 10.1 Å². The lowest BCUT2D eigenvalue weighted by atomic mass is 10.2.